The Bertz CT molecular complexity index is 1220. The van der Waals surface area contributed by atoms with Crippen molar-refractivity contribution in [2.24, 2.45) is 7.05 Å². The number of ether oxygens (including phenoxy) is 1. The topological polar surface area (TPSA) is 30.3 Å². The number of aromatic nitrogens is 2. The molecular weight excluding hydrogens is 413 g/mol. The van der Waals surface area contributed by atoms with Crippen molar-refractivity contribution >= 4 is 10.9 Å². The second kappa shape index (κ2) is 9.36. The number of benzene rings is 2. The van der Waals surface area contributed by atoms with E-state index in [1.807, 2.05) is 24.4 Å². The number of aryl methyl sites for hydroxylation is 1. The molecule has 5 rings (SSSR count). The Balaban J connectivity index is 1.19. The number of likely N-dealkylation sites (tertiary alicyclic amines) is 1. The number of pyridine rings is 1. The Morgan fingerprint density at radius 3 is 2.45 bits per heavy atom. The van der Waals surface area contributed by atoms with Crippen molar-refractivity contribution in [3.05, 3.63) is 95.2 Å². The molecule has 0 bridgehead atoms. The molecule has 1 fully saturated rings. The van der Waals surface area contributed by atoms with Crippen molar-refractivity contribution in [2.75, 3.05) is 20.2 Å². The molecule has 33 heavy (non-hydrogen) atoms. The summed E-state index contributed by atoms with van der Waals surface area (Å²) in [6, 6.07) is 17.4. The molecule has 5 heteroatoms. The van der Waals surface area contributed by atoms with E-state index >= 15 is 0 Å². The van der Waals surface area contributed by atoms with Gasteiger partial charge in [0, 0.05) is 49.1 Å². The summed E-state index contributed by atoms with van der Waals surface area (Å²) >= 11 is 0. The number of hydrogen-bond donors (Lipinski definition) is 0. The Morgan fingerprint density at radius 1 is 1.00 bits per heavy atom. The van der Waals surface area contributed by atoms with Crippen LogP contribution in [0.25, 0.3) is 10.9 Å². The minimum absolute atomic E-state index is 0.195. The van der Waals surface area contributed by atoms with E-state index < -0.39 is 0 Å². The van der Waals surface area contributed by atoms with Gasteiger partial charge < -0.3 is 9.30 Å². The fourth-order valence-electron chi connectivity index (χ4n) is 4.95. The first kappa shape index (κ1) is 21.7. The van der Waals surface area contributed by atoms with Gasteiger partial charge >= 0.3 is 0 Å². The Labute approximate surface area is 194 Å². The molecule has 2 aromatic carbocycles. The predicted octanol–water partition coefficient (Wildman–Crippen LogP) is 5.69. The summed E-state index contributed by atoms with van der Waals surface area (Å²) in [4.78, 5) is 7.33. The van der Waals surface area contributed by atoms with Crippen LogP contribution in [0, 0.1) is 5.82 Å². The van der Waals surface area contributed by atoms with Gasteiger partial charge in [-0.25, -0.2) is 4.39 Å². The SMILES string of the molecule is COc1ccc2c(CN3CCC(c4ccc(Cc5ccc(F)cc5)cn4)CC3)cn(C)c2c1. The molecule has 0 spiro atoms. The maximum absolute atomic E-state index is 13.1. The molecule has 2 aromatic heterocycles. The summed E-state index contributed by atoms with van der Waals surface area (Å²) in [5.74, 6) is 1.21. The first-order valence-electron chi connectivity index (χ1n) is 11.6. The van der Waals surface area contributed by atoms with Crippen LogP contribution in [0.3, 0.4) is 0 Å². The van der Waals surface area contributed by atoms with E-state index in [1.54, 1.807) is 7.11 Å². The van der Waals surface area contributed by atoms with E-state index in [0.29, 0.717) is 5.92 Å². The molecule has 1 saturated heterocycles. The van der Waals surface area contributed by atoms with Gasteiger partial charge in [0.05, 0.1) is 12.6 Å². The standard InChI is InChI=1S/C28H30FN3O/c1-31-18-23(26-9-8-25(33-2)16-28(26)31)19-32-13-11-22(12-14-32)27-10-5-21(17-30-27)15-20-3-6-24(29)7-4-20/h3-10,16-18,22H,11-15,19H2,1-2H3. The van der Waals surface area contributed by atoms with Gasteiger partial charge in [-0.15, -0.1) is 0 Å². The van der Waals surface area contributed by atoms with Crippen molar-refractivity contribution in [3.8, 4) is 5.75 Å². The zero-order valence-corrected chi connectivity index (χ0v) is 19.3. The summed E-state index contributed by atoms with van der Waals surface area (Å²) in [5, 5.41) is 1.30. The summed E-state index contributed by atoms with van der Waals surface area (Å²) in [6.45, 7) is 3.13. The van der Waals surface area contributed by atoms with Crippen molar-refractivity contribution in [2.45, 2.75) is 31.7 Å². The number of fused-ring (bicyclic) bond motifs is 1. The number of nitrogens with zero attached hydrogens (tertiary/aromatic N) is 3. The average molecular weight is 444 g/mol. The highest BCUT2D eigenvalue weighted by atomic mass is 19.1. The zero-order valence-electron chi connectivity index (χ0n) is 19.3. The maximum atomic E-state index is 13.1. The molecule has 0 amide bonds. The second-order valence-electron chi connectivity index (χ2n) is 9.09. The highest BCUT2D eigenvalue weighted by Gasteiger charge is 2.22. The lowest BCUT2D eigenvalue weighted by molar-refractivity contribution is 0.204. The van der Waals surface area contributed by atoms with E-state index in [-0.39, 0.29) is 5.82 Å². The van der Waals surface area contributed by atoms with E-state index in [4.69, 9.17) is 9.72 Å². The summed E-state index contributed by atoms with van der Waals surface area (Å²) < 4.78 is 20.7. The molecule has 1 aliphatic heterocycles. The van der Waals surface area contributed by atoms with Crippen LogP contribution in [0.2, 0.25) is 0 Å². The van der Waals surface area contributed by atoms with Gasteiger partial charge in [-0.2, -0.15) is 0 Å². The third kappa shape index (κ3) is 4.79. The molecule has 0 unspecified atom stereocenters. The highest BCUT2D eigenvalue weighted by Crippen LogP contribution is 2.30. The molecular formula is C28H30FN3O. The zero-order chi connectivity index (χ0) is 22.8. The Hall–Kier alpha value is -3.18. The lowest BCUT2D eigenvalue weighted by atomic mass is 9.92. The molecule has 0 atom stereocenters. The number of rotatable bonds is 6. The van der Waals surface area contributed by atoms with Crippen molar-refractivity contribution in [1.82, 2.24) is 14.5 Å². The van der Waals surface area contributed by atoms with Crippen LogP contribution >= 0.6 is 0 Å². The minimum Gasteiger partial charge on any atom is -0.497 e. The van der Waals surface area contributed by atoms with Gasteiger partial charge in [-0.3, -0.25) is 9.88 Å². The highest BCUT2D eigenvalue weighted by molar-refractivity contribution is 5.85. The van der Waals surface area contributed by atoms with Crippen LogP contribution in [0.1, 0.15) is 41.1 Å². The van der Waals surface area contributed by atoms with Crippen LogP contribution < -0.4 is 4.74 Å². The number of methoxy groups -OCH3 is 1. The number of halogens is 1. The quantitative estimate of drug-likeness (QED) is 0.383. The van der Waals surface area contributed by atoms with Crippen molar-refractivity contribution in [3.63, 3.8) is 0 Å². The summed E-state index contributed by atoms with van der Waals surface area (Å²) in [6.07, 6.45) is 7.27. The Morgan fingerprint density at radius 2 is 1.76 bits per heavy atom. The summed E-state index contributed by atoms with van der Waals surface area (Å²) in [5.41, 5.74) is 6.04. The van der Waals surface area contributed by atoms with Crippen molar-refractivity contribution in [1.29, 1.82) is 0 Å². The minimum atomic E-state index is -0.195. The smallest absolute Gasteiger partial charge is 0.123 e. The Kier molecular flexibility index (Phi) is 6.14. The first-order chi connectivity index (χ1) is 16.1. The van der Waals surface area contributed by atoms with Crippen molar-refractivity contribution < 1.29 is 9.13 Å². The third-order valence-corrected chi connectivity index (χ3v) is 6.85. The normalized spacial score (nSPS) is 15.2. The number of piperidine rings is 1. The molecule has 1 aliphatic rings. The third-order valence-electron chi connectivity index (χ3n) is 6.85. The number of hydrogen-bond acceptors (Lipinski definition) is 3. The second-order valence-corrected chi connectivity index (χ2v) is 9.09. The van der Waals surface area contributed by atoms with Crippen LogP contribution in [0.15, 0.2) is 67.0 Å². The first-order valence-corrected chi connectivity index (χ1v) is 11.6. The van der Waals surface area contributed by atoms with Gasteiger partial charge in [-0.1, -0.05) is 18.2 Å². The molecule has 4 aromatic rings. The predicted molar refractivity (Wildman–Crippen MR) is 130 cm³/mol. The fraction of sp³-hybridized carbons (Fsp3) is 0.321. The van der Waals surface area contributed by atoms with Gasteiger partial charge in [-0.05, 0) is 79.4 Å². The molecule has 0 N–H and O–H groups in total. The molecule has 170 valence electrons. The molecule has 0 aliphatic carbocycles. The van der Waals surface area contributed by atoms with Gasteiger partial charge in [0.15, 0.2) is 0 Å². The largest absolute Gasteiger partial charge is 0.497 e. The van der Waals surface area contributed by atoms with E-state index in [1.165, 1.54) is 34.3 Å². The van der Waals surface area contributed by atoms with Crippen LogP contribution in [0.5, 0.6) is 5.75 Å². The van der Waals surface area contributed by atoms with Gasteiger partial charge in [0.2, 0.25) is 0 Å². The molecule has 4 nitrogen and oxygen atoms in total. The van der Waals surface area contributed by atoms with E-state index in [9.17, 15) is 4.39 Å². The van der Waals surface area contributed by atoms with Crippen LogP contribution in [-0.4, -0.2) is 34.7 Å². The van der Waals surface area contributed by atoms with E-state index in [2.05, 4.69) is 47.0 Å². The maximum Gasteiger partial charge on any atom is 0.123 e. The molecule has 0 radical (unpaired) electrons. The van der Waals surface area contributed by atoms with Gasteiger partial charge in [0.25, 0.3) is 0 Å². The average Bonchev–Trinajstić information content (AvgIpc) is 3.16. The lowest BCUT2D eigenvalue weighted by Gasteiger charge is -2.31. The lowest BCUT2D eigenvalue weighted by Crippen LogP contribution is -2.32. The van der Waals surface area contributed by atoms with E-state index in [0.717, 1.165) is 55.8 Å². The molecule has 0 saturated carbocycles. The molecule has 3 heterocycles. The monoisotopic (exact) mass is 443 g/mol. The summed E-state index contributed by atoms with van der Waals surface area (Å²) in [7, 11) is 3.81. The van der Waals surface area contributed by atoms with Crippen LogP contribution in [-0.2, 0) is 20.0 Å². The fourth-order valence-corrected chi connectivity index (χ4v) is 4.95. The van der Waals surface area contributed by atoms with Crippen LogP contribution in [0.4, 0.5) is 4.39 Å². The van der Waals surface area contributed by atoms with Gasteiger partial charge in [0.1, 0.15) is 11.6 Å².